The van der Waals surface area contributed by atoms with Gasteiger partial charge < -0.3 is 20.1 Å². The number of anilines is 1. The fourth-order valence-electron chi connectivity index (χ4n) is 3.85. The number of hydrogen-bond acceptors (Lipinski definition) is 5. The van der Waals surface area contributed by atoms with E-state index in [-0.39, 0.29) is 11.8 Å². The molecule has 0 spiro atoms. The molecule has 1 aliphatic rings. The topological polar surface area (TPSA) is 78.9 Å². The predicted octanol–water partition coefficient (Wildman–Crippen LogP) is 4.36. The van der Waals surface area contributed by atoms with Crippen molar-refractivity contribution in [2.45, 2.75) is 25.0 Å². The first-order valence-corrected chi connectivity index (χ1v) is 10.8. The van der Waals surface area contributed by atoms with E-state index < -0.39 is 12.2 Å². The Morgan fingerprint density at radius 2 is 1.47 bits per heavy atom. The SMILES string of the molecule is O=C(NC1CCN(c2ccc(C(O)C(=O)c3ccccc3)cc2)CC1)Oc1ccccc1. The Hall–Kier alpha value is -3.64. The summed E-state index contributed by atoms with van der Waals surface area (Å²) in [5, 5.41) is 13.4. The van der Waals surface area contributed by atoms with Crippen LogP contribution in [-0.2, 0) is 0 Å². The number of hydrogen-bond donors (Lipinski definition) is 2. The number of nitrogens with one attached hydrogen (secondary N) is 1. The maximum absolute atomic E-state index is 12.5. The molecule has 2 N–H and O–H groups in total. The van der Waals surface area contributed by atoms with Crippen molar-refractivity contribution >= 4 is 17.6 Å². The molecule has 0 aliphatic carbocycles. The third-order valence-corrected chi connectivity index (χ3v) is 5.65. The van der Waals surface area contributed by atoms with Crippen LogP contribution in [0.4, 0.5) is 10.5 Å². The number of piperidine rings is 1. The first kappa shape index (κ1) is 21.6. The third kappa shape index (κ3) is 5.34. The quantitative estimate of drug-likeness (QED) is 0.568. The number of nitrogens with zero attached hydrogens (tertiary/aromatic N) is 1. The number of carbonyl (C=O) groups excluding carboxylic acids is 2. The Morgan fingerprint density at radius 1 is 0.875 bits per heavy atom. The molecule has 6 heteroatoms. The zero-order valence-electron chi connectivity index (χ0n) is 17.7. The molecule has 0 radical (unpaired) electrons. The number of carbonyl (C=O) groups is 2. The molecule has 1 aliphatic heterocycles. The Bertz CT molecular complexity index is 1030. The predicted molar refractivity (Wildman–Crippen MR) is 123 cm³/mol. The van der Waals surface area contributed by atoms with Gasteiger partial charge in [-0.1, -0.05) is 60.7 Å². The van der Waals surface area contributed by atoms with Crippen LogP contribution in [0.5, 0.6) is 5.75 Å². The van der Waals surface area contributed by atoms with Crippen molar-refractivity contribution in [1.29, 1.82) is 0 Å². The van der Waals surface area contributed by atoms with Crippen LogP contribution in [0.2, 0.25) is 0 Å². The van der Waals surface area contributed by atoms with Crippen molar-refractivity contribution in [2.24, 2.45) is 0 Å². The number of rotatable bonds is 6. The van der Waals surface area contributed by atoms with Gasteiger partial charge in [0.15, 0.2) is 5.78 Å². The number of amides is 1. The number of benzene rings is 3. The molecule has 0 saturated carbocycles. The van der Waals surface area contributed by atoms with Gasteiger partial charge in [-0.25, -0.2) is 4.79 Å². The highest BCUT2D eigenvalue weighted by Gasteiger charge is 2.23. The van der Waals surface area contributed by atoms with Gasteiger partial charge in [-0.15, -0.1) is 0 Å². The van der Waals surface area contributed by atoms with E-state index in [4.69, 9.17) is 4.74 Å². The minimum absolute atomic E-state index is 0.0621. The number of para-hydroxylation sites is 1. The van der Waals surface area contributed by atoms with Gasteiger partial charge in [-0.05, 0) is 42.7 Å². The van der Waals surface area contributed by atoms with Crippen molar-refractivity contribution in [2.75, 3.05) is 18.0 Å². The van der Waals surface area contributed by atoms with Crippen molar-refractivity contribution in [3.63, 3.8) is 0 Å². The molecular formula is C26H26N2O4. The molecule has 1 heterocycles. The lowest BCUT2D eigenvalue weighted by molar-refractivity contribution is 0.0747. The van der Waals surface area contributed by atoms with Gasteiger partial charge in [0.2, 0.25) is 0 Å². The zero-order chi connectivity index (χ0) is 22.3. The van der Waals surface area contributed by atoms with Crippen molar-refractivity contribution in [3.8, 4) is 5.75 Å². The van der Waals surface area contributed by atoms with Crippen LogP contribution in [0.15, 0.2) is 84.9 Å². The molecule has 1 saturated heterocycles. The van der Waals surface area contributed by atoms with E-state index in [0.717, 1.165) is 31.6 Å². The zero-order valence-corrected chi connectivity index (χ0v) is 17.7. The molecule has 1 fully saturated rings. The Balaban J connectivity index is 1.28. The second-order valence-corrected chi connectivity index (χ2v) is 7.83. The monoisotopic (exact) mass is 430 g/mol. The molecule has 32 heavy (non-hydrogen) atoms. The standard InChI is InChI=1S/C26H26N2O4/c29-24(19-7-3-1-4-8-19)25(30)20-11-13-22(14-12-20)28-17-15-21(16-18-28)27-26(31)32-23-9-5-2-6-10-23/h1-14,21,25,30H,15-18H2,(H,27,31). The smallest absolute Gasteiger partial charge is 0.410 e. The first-order chi connectivity index (χ1) is 15.6. The highest BCUT2D eigenvalue weighted by molar-refractivity contribution is 5.99. The summed E-state index contributed by atoms with van der Waals surface area (Å²) >= 11 is 0. The molecule has 0 aromatic heterocycles. The lowest BCUT2D eigenvalue weighted by atomic mass is 9.99. The van der Waals surface area contributed by atoms with Crippen molar-refractivity contribution in [1.82, 2.24) is 5.32 Å². The fourth-order valence-corrected chi connectivity index (χ4v) is 3.85. The van der Waals surface area contributed by atoms with Gasteiger partial charge in [-0.2, -0.15) is 0 Å². The van der Waals surface area contributed by atoms with E-state index in [9.17, 15) is 14.7 Å². The normalized spacial score (nSPS) is 15.1. The summed E-state index contributed by atoms with van der Waals surface area (Å²) in [6.45, 7) is 1.59. The summed E-state index contributed by atoms with van der Waals surface area (Å²) in [4.78, 5) is 26.8. The second-order valence-electron chi connectivity index (χ2n) is 7.83. The number of aliphatic hydroxyl groups is 1. The van der Waals surface area contributed by atoms with Crippen molar-refractivity contribution in [3.05, 3.63) is 96.1 Å². The number of ketones is 1. The van der Waals surface area contributed by atoms with Gasteiger partial charge in [0.05, 0.1) is 0 Å². The Kier molecular flexibility index (Phi) is 6.82. The maximum Gasteiger partial charge on any atom is 0.412 e. The largest absolute Gasteiger partial charge is 0.412 e. The molecule has 1 unspecified atom stereocenters. The van der Waals surface area contributed by atoms with E-state index in [1.54, 1.807) is 48.5 Å². The summed E-state index contributed by atoms with van der Waals surface area (Å²) in [6.07, 6.45) is -0.00489. The summed E-state index contributed by atoms with van der Waals surface area (Å²) in [7, 11) is 0. The summed E-state index contributed by atoms with van der Waals surface area (Å²) < 4.78 is 5.30. The molecule has 0 bridgehead atoms. The molecule has 6 nitrogen and oxygen atoms in total. The first-order valence-electron chi connectivity index (χ1n) is 10.8. The van der Waals surface area contributed by atoms with Crippen LogP contribution in [0.1, 0.15) is 34.9 Å². The number of aliphatic hydroxyl groups excluding tert-OH is 1. The average molecular weight is 431 g/mol. The minimum Gasteiger partial charge on any atom is -0.410 e. The van der Waals surface area contributed by atoms with Crippen molar-refractivity contribution < 1.29 is 19.4 Å². The van der Waals surface area contributed by atoms with E-state index in [1.807, 2.05) is 36.4 Å². The lowest BCUT2D eigenvalue weighted by Gasteiger charge is -2.33. The highest BCUT2D eigenvalue weighted by Crippen LogP contribution is 2.24. The third-order valence-electron chi connectivity index (χ3n) is 5.65. The van der Waals surface area contributed by atoms with Gasteiger partial charge in [-0.3, -0.25) is 4.79 Å². The van der Waals surface area contributed by atoms with Gasteiger partial charge in [0, 0.05) is 30.4 Å². The molecule has 4 rings (SSSR count). The fraction of sp³-hybridized carbons (Fsp3) is 0.231. The molecular weight excluding hydrogens is 404 g/mol. The van der Waals surface area contributed by atoms with Gasteiger partial charge in [0.25, 0.3) is 0 Å². The summed E-state index contributed by atoms with van der Waals surface area (Å²) in [5.74, 6) is 0.211. The van der Waals surface area contributed by atoms with E-state index in [0.29, 0.717) is 16.9 Å². The number of ether oxygens (including phenoxy) is 1. The number of Topliss-reactive ketones (excluding diaryl/α,β-unsaturated/α-hetero) is 1. The van der Waals surface area contributed by atoms with Crippen LogP contribution < -0.4 is 15.0 Å². The highest BCUT2D eigenvalue weighted by atomic mass is 16.6. The lowest BCUT2D eigenvalue weighted by Crippen LogP contribution is -2.45. The van der Waals surface area contributed by atoms with Crippen LogP contribution in [0, 0.1) is 0 Å². The molecule has 1 amide bonds. The van der Waals surface area contributed by atoms with Crippen LogP contribution >= 0.6 is 0 Å². The second kappa shape index (κ2) is 10.1. The summed E-state index contributed by atoms with van der Waals surface area (Å²) in [5.41, 5.74) is 2.09. The maximum atomic E-state index is 12.5. The minimum atomic E-state index is -1.18. The summed E-state index contributed by atoms with van der Waals surface area (Å²) in [6, 6.07) is 25.3. The average Bonchev–Trinajstić information content (AvgIpc) is 2.85. The molecule has 3 aromatic carbocycles. The van der Waals surface area contributed by atoms with Crippen LogP contribution in [0.25, 0.3) is 0 Å². The van der Waals surface area contributed by atoms with Crippen LogP contribution in [0.3, 0.4) is 0 Å². The molecule has 164 valence electrons. The molecule has 1 atom stereocenters. The molecule has 3 aromatic rings. The Morgan fingerprint density at radius 3 is 2.09 bits per heavy atom. The van der Waals surface area contributed by atoms with Crippen LogP contribution in [-0.4, -0.2) is 36.1 Å². The van der Waals surface area contributed by atoms with E-state index in [1.165, 1.54) is 0 Å². The van der Waals surface area contributed by atoms with E-state index in [2.05, 4.69) is 10.2 Å². The Labute approximate surface area is 187 Å². The van der Waals surface area contributed by atoms with Gasteiger partial charge in [0.1, 0.15) is 11.9 Å². The van der Waals surface area contributed by atoms with Gasteiger partial charge >= 0.3 is 6.09 Å². The van der Waals surface area contributed by atoms with E-state index >= 15 is 0 Å².